The van der Waals surface area contributed by atoms with E-state index in [0.29, 0.717) is 29.3 Å². The number of pyridine rings is 1. The largest absolute Gasteiger partial charge is 0.475 e. The first-order valence-electron chi connectivity index (χ1n) is 8.55. The van der Waals surface area contributed by atoms with Crippen molar-refractivity contribution < 1.29 is 9.84 Å². The van der Waals surface area contributed by atoms with E-state index in [1.54, 1.807) is 12.3 Å². The molecule has 2 aromatic heterocycles. The Bertz CT molecular complexity index is 703. The van der Waals surface area contributed by atoms with Gasteiger partial charge in [-0.05, 0) is 38.5 Å². The first-order valence-corrected chi connectivity index (χ1v) is 9.74. The summed E-state index contributed by atoms with van der Waals surface area (Å²) in [5.41, 5.74) is 0.976. The molecule has 0 bridgehead atoms. The molecule has 2 rings (SSSR count). The molecule has 26 heavy (non-hydrogen) atoms. The highest BCUT2D eigenvalue weighted by Gasteiger charge is 2.11. The minimum atomic E-state index is -0.634. The van der Waals surface area contributed by atoms with E-state index in [1.807, 2.05) is 39.0 Å². The van der Waals surface area contributed by atoms with Gasteiger partial charge in [-0.2, -0.15) is 0 Å². The summed E-state index contributed by atoms with van der Waals surface area (Å²) in [7, 11) is 0. The summed E-state index contributed by atoms with van der Waals surface area (Å²) in [6.07, 6.45) is 1.22. The van der Waals surface area contributed by atoms with Gasteiger partial charge in [0.2, 0.25) is 5.88 Å². The highest BCUT2D eigenvalue weighted by molar-refractivity contribution is 7.16. The average molecular weight is 397 g/mol. The minimum Gasteiger partial charge on any atom is -0.475 e. The van der Waals surface area contributed by atoms with Crippen LogP contribution < -0.4 is 15.4 Å². The van der Waals surface area contributed by atoms with Crippen molar-refractivity contribution in [1.82, 2.24) is 15.6 Å². The van der Waals surface area contributed by atoms with Gasteiger partial charge in [0, 0.05) is 30.2 Å². The topological polar surface area (TPSA) is 78.8 Å². The lowest BCUT2D eigenvalue weighted by atomic mass is 10.3. The van der Waals surface area contributed by atoms with Crippen molar-refractivity contribution in [2.75, 3.05) is 13.1 Å². The van der Waals surface area contributed by atoms with E-state index in [1.165, 1.54) is 11.3 Å². The number of halogens is 1. The lowest BCUT2D eigenvalue weighted by molar-refractivity contribution is 0.184. The Kier molecular flexibility index (Phi) is 8.15. The van der Waals surface area contributed by atoms with Crippen LogP contribution in [0.2, 0.25) is 4.34 Å². The third-order valence-electron chi connectivity index (χ3n) is 3.30. The van der Waals surface area contributed by atoms with Crippen LogP contribution in [-0.2, 0) is 6.54 Å². The van der Waals surface area contributed by atoms with Gasteiger partial charge in [0.1, 0.15) is 6.10 Å². The van der Waals surface area contributed by atoms with Gasteiger partial charge in [-0.25, -0.2) is 9.98 Å². The summed E-state index contributed by atoms with van der Waals surface area (Å²) in [6.45, 7) is 7.48. The number of ether oxygens (including phenoxy) is 1. The van der Waals surface area contributed by atoms with Crippen LogP contribution in [0.1, 0.15) is 37.3 Å². The van der Waals surface area contributed by atoms with Crippen LogP contribution in [0.25, 0.3) is 0 Å². The molecule has 0 fully saturated rings. The Morgan fingerprint density at radius 1 is 1.31 bits per heavy atom. The Hall–Kier alpha value is -1.83. The molecule has 0 radical (unpaired) electrons. The van der Waals surface area contributed by atoms with E-state index in [-0.39, 0.29) is 6.10 Å². The summed E-state index contributed by atoms with van der Waals surface area (Å²) in [5.74, 6) is 1.24. The SMILES string of the molecule is CCNC(=NCc1ccc(OC(C)C)nc1)NCC(O)c1ccc(Cl)s1. The molecular weight excluding hydrogens is 372 g/mol. The van der Waals surface area contributed by atoms with E-state index in [4.69, 9.17) is 16.3 Å². The second kappa shape index (κ2) is 10.4. The average Bonchev–Trinajstić information content (AvgIpc) is 3.04. The fraction of sp³-hybridized carbons (Fsp3) is 0.444. The van der Waals surface area contributed by atoms with Crippen molar-refractivity contribution >= 4 is 28.9 Å². The number of thiophene rings is 1. The van der Waals surface area contributed by atoms with Gasteiger partial charge in [-0.1, -0.05) is 17.7 Å². The van der Waals surface area contributed by atoms with E-state index < -0.39 is 6.10 Å². The van der Waals surface area contributed by atoms with Crippen molar-refractivity contribution in [3.8, 4) is 5.88 Å². The molecule has 142 valence electrons. The number of aliphatic hydroxyl groups excluding tert-OH is 1. The summed E-state index contributed by atoms with van der Waals surface area (Å²) in [5, 5.41) is 16.5. The Labute approximate surface area is 163 Å². The summed E-state index contributed by atoms with van der Waals surface area (Å²) < 4.78 is 6.20. The maximum absolute atomic E-state index is 10.2. The van der Waals surface area contributed by atoms with Crippen molar-refractivity contribution in [3.63, 3.8) is 0 Å². The van der Waals surface area contributed by atoms with Crippen LogP contribution in [0.15, 0.2) is 35.5 Å². The predicted octanol–water partition coefficient (Wildman–Crippen LogP) is 3.37. The molecular formula is C18H25ClN4O2S. The smallest absolute Gasteiger partial charge is 0.213 e. The quantitative estimate of drug-likeness (QED) is 0.471. The molecule has 0 aliphatic carbocycles. The molecule has 0 amide bonds. The fourth-order valence-corrected chi connectivity index (χ4v) is 3.18. The molecule has 2 heterocycles. The Morgan fingerprint density at radius 3 is 2.69 bits per heavy atom. The van der Waals surface area contributed by atoms with Crippen molar-refractivity contribution in [1.29, 1.82) is 0 Å². The van der Waals surface area contributed by atoms with E-state index in [9.17, 15) is 5.11 Å². The van der Waals surface area contributed by atoms with Crippen LogP contribution in [0.3, 0.4) is 0 Å². The second-order valence-corrected chi connectivity index (χ2v) is 7.65. The van der Waals surface area contributed by atoms with Gasteiger partial charge in [-0.15, -0.1) is 11.3 Å². The van der Waals surface area contributed by atoms with Crippen molar-refractivity contribution in [2.24, 2.45) is 4.99 Å². The minimum absolute atomic E-state index is 0.0978. The number of hydrogen-bond donors (Lipinski definition) is 3. The maximum Gasteiger partial charge on any atom is 0.213 e. The number of rotatable bonds is 8. The van der Waals surface area contributed by atoms with Gasteiger partial charge in [-0.3, -0.25) is 0 Å². The second-order valence-electron chi connectivity index (χ2n) is 5.91. The fourth-order valence-electron chi connectivity index (χ4n) is 2.13. The number of hydrogen-bond acceptors (Lipinski definition) is 5. The maximum atomic E-state index is 10.2. The molecule has 2 aromatic rings. The Balaban J connectivity index is 1.91. The molecule has 0 saturated heterocycles. The molecule has 0 saturated carbocycles. The number of guanidine groups is 1. The molecule has 0 aliphatic heterocycles. The normalized spacial score (nSPS) is 12.9. The number of nitrogens with one attached hydrogen (secondary N) is 2. The molecule has 3 N–H and O–H groups in total. The zero-order chi connectivity index (χ0) is 18.9. The van der Waals surface area contributed by atoms with Gasteiger partial charge in [0.05, 0.1) is 17.0 Å². The van der Waals surface area contributed by atoms with Crippen LogP contribution in [-0.4, -0.2) is 35.2 Å². The number of aliphatic imine (C=N–C) groups is 1. The first kappa shape index (κ1) is 20.5. The molecule has 0 aliphatic rings. The molecule has 1 unspecified atom stereocenters. The lowest BCUT2D eigenvalue weighted by Gasteiger charge is -2.14. The van der Waals surface area contributed by atoms with E-state index in [0.717, 1.165) is 17.0 Å². The molecule has 0 aromatic carbocycles. The van der Waals surface area contributed by atoms with Gasteiger partial charge in [0.15, 0.2) is 5.96 Å². The highest BCUT2D eigenvalue weighted by atomic mass is 35.5. The standard InChI is InChI=1S/C18H25ClN4O2S/c1-4-20-18(23-11-14(24)15-6-7-16(19)26-15)22-10-13-5-8-17(21-9-13)25-12(2)3/h5-9,12,14,24H,4,10-11H2,1-3H3,(H2,20,22,23). The van der Waals surface area contributed by atoms with E-state index >= 15 is 0 Å². The van der Waals surface area contributed by atoms with Gasteiger partial charge < -0.3 is 20.5 Å². The number of nitrogens with zero attached hydrogens (tertiary/aromatic N) is 2. The van der Waals surface area contributed by atoms with Crippen LogP contribution in [0.5, 0.6) is 5.88 Å². The number of aliphatic hydroxyl groups is 1. The third kappa shape index (κ3) is 6.82. The molecule has 1 atom stereocenters. The van der Waals surface area contributed by atoms with Crippen LogP contribution in [0, 0.1) is 0 Å². The van der Waals surface area contributed by atoms with E-state index in [2.05, 4.69) is 20.6 Å². The highest BCUT2D eigenvalue weighted by Crippen LogP contribution is 2.26. The lowest BCUT2D eigenvalue weighted by Crippen LogP contribution is -2.39. The zero-order valence-corrected chi connectivity index (χ0v) is 16.8. The Morgan fingerprint density at radius 2 is 2.12 bits per heavy atom. The van der Waals surface area contributed by atoms with Gasteiger partial charge in [0.25, 0.3) is 0 Å². The van der Waals surface area contributed by atoms with Crippen LogP contribution >= 0.6 is 22.9 Å². The molecule has 0 spiro atoms. The van der Waals surface area contributed by atoms with Gasteiger partial charge >= 0.3 is 0 Å². The number of aromatic nitrogens is 1. The van der Waals surface area contributed by atoms with Crippen molar-refractivity contribution in [2.45, 2.75) is 39.5 Å². The van der Waals surface area contributed by atoms with Crippen LogP contribution in [0.4, 0.5) is 0 Å². The summed E-state index contributed by atoms with van der Waals surface area (Å²) in [4.78, 5) is 9.62. The van der Waals surface area contributed by atoms with Crippen molar-refractivity contribution in [3.05, 3.63) is 45.2 Å². The first-order chi connectivity index (χ1) is 12.5. The predicted molar refractivity (Wildman–Crippen MR) is 107 cm³/mol. The summed E-state index contributed by atoms with van der Waals surface area (Å²) >= 11 is 7.28. The monoisotopic (exact) mass is 396 g/mol. The third-order valence-corrected chi connectivity index (χ3v) is 4.64. The molecule has 6 nitrogen and oxygen atoms in total. The summed E-state index contributed by atoms with van der Waals surface area (Å²) in [6, 6.07) is 7.40. The molecule has 8 heteroatoms. The zero-order valence-electron chi connectivity index (χ0n) is 15.2.